The summed E-state index contributed by atoms with van der Waals surface area (Å²) in [7, 11) is 0. The van der Waals surface area contributed by atoms with Gasteiger partial charge in [0, 0.05) is 34.5 Å². The van der Waals surface area contributed by atoms with Crippen molar-refractivity contribution in [1.29, 1.82) is 0 Å². The fourth-order valence-corrected chi connectivity index (χ4v) is 5.70. The predicted octanol–water partition coefficient (Wildman–Crippen LogP) is 4.87. The van der Waals surface area contributed by atoms with Crippen LogP contribution in [0, 0.1) is 0 Å². The average Bonchev–Trinajstić information content (AvgIpc) is 3.19. The number of unbranched alkanes of at least 4 members (excludes halogenated alkanes) is 3. The molecule has 1 saturated carbocycles. The first kappa shape index (κ1) is 21.1. The maximum absolute atomic E-state index is 13.4. The molecule has 32 heavy (non-hydrogen) atoms. The summed E-state index contributed by atoms with van der Waals surface area (Å²) in [5.74, 6) is 1.09. The number of thiophene rings is 1. The molecule has 3 aromatic rings. The van der Waals surface area contributed by atoms with Crippen molar-refractivity contribution < 1.29 is 4.79 Å². The van der Waals surface area contributed by atoms with E-state index in [4.69, 9.17) is 0 Å². The summed E-state index contributed by atoms with van der Waals surface area (Å²) >= 11 is 1.81. The SMILES string of the molecule is CCCCCCn1cc(C2(C)CC(c3ccc(C4CC4)s3)=C(c3ncn[nH]3)C(=O)N2)cn1. The summed E-state index contributed by atoms with van der Waals surface area (Å²) in [6, 6.07) is 4.39. The van der Waals surface area contributed by atoms with Gasteiger partial charge in [-0.05, 0) is 49.8 Å². The van der Waals surface area contributed by atoms with Crippen molar-refractivity contribution in [3.63, 3.8) is 0 Å². The van der Waals surface area contributed by atoms with Crippen molar-refractivity contribution in [2.45, 2.75) is 76.8 Å². The van der Waals surface area contributed by atoms with Crippen LogP contribution in [-0.2, 0) is 16.9 Å². The molecule has 1 aliphatic heterocycles. The van der Waals surface area contributed by atoms with Gasteiger partial charge in [0.2, 0.25) is 0 Å². The van der Waals surface area contributed by atoms with E-state index in [-0.39, 0.29) is 5.91 Å². The quantitative estimate of drug-likeness (QED) is 0.455. The standard InChI is InChI=1S/C24H30N6OS/c1-3-4-5-6-11-30-14-17(13-27-30)24(2)12-18(20-10-9-19(32-20)16-7-8-16)21(23(31)28-24)22-25-15-26-29-22/h9-10,13-16H,3-8,11-12H2,1-2H3,(H,28,31)(H,25,26,29). The van der Waals surface area contributed by atoms with Crippen molar-refractivity contribution in [2.24, 2.45) is 0 Å². The van der Waals surface area contributed by atoms with Crippen LogP contribution in [0.15, 0.2) is 30.9 Å². The normalized spacial score (nSPS) is 21.2. The van der Waals surface area contributed by atoms with Crippen molar-refractivity contribution >= 4 is 28.4 Å². The molecular weight excluding hydrogens is 420 g/mol. The Morgan fingerprint density at radius 2 is 2.12 bits per heavy atom. The number of rotatable bonds is 9. The highest BCUT2D eigenvalue weighted by Gasteiger charge is 2.40. The van der Waals surface area contributed by atoms with Gasteiger partial charge >= 0.3 is 0 Å². The highest BCUT2D eigenvalue weighted by Crippen LogP contribution is 2.47. The summed E-state index contributed by atoms with van der Waals surface area (Å²) in [6.45, 7) is 5.22. The van der Waals surface area contributed by atoms with E-state index >= 15 is 0 Å². The Kier molecular flexibility index (Phi) is 5.71. The van der Waals surface area contributed by atoms with Crippen LogP contribution < -0.4 is 5.32 Å². The first-order valence-electron chi connectivity index (χ1n) is 11.6. The molecule has 1 atom stereocenters. The molecule has 0 radical (unpaired) electrons. The Hall–Kier alpha value is -2.74. The molecule has 0 spiro atoms. The van der Waals surface area contributed by atoms with E-state index in [9.17, 15) is 4.79 Å². The molecule has 2 N–H and O–H groups in total. The molecule has 1 amide bonds. The molecule has 8 heteroatoms. The second kappa shape index (κ2) is 8.65. The largest absolute Gasteiger partial charge is 0.342 e. The summed E-state index contributed by atoms with van der Waals surface area (Å²) in [5.41, 5.74) is 2.13. The molecule has 4 heterocycles. The van der Waals surface area contributed by atoms with Gasteiger partial charge in [0.05, 0.1) is 17.3 Å². The van der Waals surface area contributed by atoms with E-state index in [2.05, 4.69) is 57.8 Å². The lowest BCUT2D eigenvalue weighted by Crippen LogP contribution is -2.47. The smallest absolute Gasteiger partial charge is 0.256 e. The Bertz CT molecular complexity index is 1120. The molecule has 168 valence electrons. The monoisotopic (exact) mass is 450 g/mol. The third-order valence-electron chi connectivity index (χ3n) is 6.52. The number of nitrogens with zero attached hydrogens (tertiary/aromatic N) is 4. The second-order valence-corrected chi connectivity index (χ2v) is 10.3. The number of aryl methyl sites for hydroxylation is 1. The summed E-state index contributed by atoms with van der Waals surface area (Å²) in [5, 5.41) is 14.7. The Labute approximate surface area is 192 Å². The van der Waals surface area contributed by atoms with Crippen molar-refractivity contribution in [2.75, 3.05) is 0 Å². The number of carbonyl (C=O) groups is 1. The first-order chi connectivity index (χ1) is 15.6. The van der Waals surface area contributed by atoms with Gasteiger partial charge in [0.15, 0.2) is 5.82 Å². The summed E-state index contributed by atoms with van der Waals surface area (Å²) < 4.78 is 2.01. The molecular formula is C24H30N6OS. The van der Waals surface area contributed by atoms with Crippen molar-refractivity contribution in [1.82, 2.24) is 30.3 Å². The molecule has 7 nitrogen and oxygen atoms in total. The molecule has 1 fully saturated rings. The highest BCUT2D eigenvalue weighted by atomic mass is 32.1. The predicted molar refractivity (Wildman–Crippen MR) is 126 cm³/mol. The number of nitrogens with one attached hydrogen (secondary N) is 2. The van der Waals surface area contributed by atoms with Gasteiger partial charge in [0.1, 0.15) is 6.33 Å². The van der Waals surface area contributed by atoms with Crippen LogP contribution in [0.25, 0.3) is 11.1 Å². The lowest BCUT2D eigenvalue weighted by Gasteiger charge is -2.36. The zero-order valence-corrected chi connectivity index (χ0v) is 19.5. The summed E-state index contributed by atoms with van der Waals surface area (Å²) in [6.07, 6.45) is 13.5. The van der Waals surface area contributed by atoms with E-state index in [0.717, 1.165) is 29.0 Å². The number of aromatic amines is 1. The Balaban J connectivity index is 1.46. The van der Waals surface area contributed by atoms with E-state index in [0.29, 0.717) is 23.7 Å². The van der Waals surface area contributed by atoms with Crippen LogP contribution >= 0.6 is 11.3 Å². The first-order valence-corrected chi connectivity index (χ1v) is 12.4. The second-order valence-electron chi connectivity index (χ2n) is 9.18. The molecule has 0 saturated heterocycles. The minimum absolute atomic E-state index is 0.123. The molecule has 0 aromatic carbocycles. The van der Waals surface area contributed by atoms with E-state index < -0.39 is 5.54 Å². The van der Waals surface area contributed by atoms with E-state index in [1.807, 2.05) is 22.2 Å². The van der Waals surface area contributed by atoms with Gasteiger partial charge < -0.3 is 5.32 Å². The Morgan fingerprint density at radius 1 is 1.25 bits per heavy atom. The molecule has 3 aromatic heterocycles. The van der Waals surface area contributed by atoms with Crippen LogP contribution in [0.2, 0.25) is 0 Å². The van der Waals surface area contributed by atoms with Gasteiger partial charge in [-0.1, -0.05) is 26.2 Å². The van der Waals surface area contributed by atoms with E-state index in [1.165, 1.54) is 43.3 Å². The molecule has 1 unspecified atom stereocenters. The van der Waals surface area contributed by atoms with Crippen LogP contribution in [0.5, 0.6) is 0 Å². The van der Waals surface area contributed by atoms with Gasteiger partial charge in [-0.3, -0.25) is 14.6 Å². The van der Waals surface area contributed by atoms with Crippen LogP contribution in [0.3, 0.4) is 0 Å². The van der Waals surface area contributed by atoms with Crippen LogP contribution in [0.1, 0.15) is 85.9 Å². The molecule has 1 aliphatic carbocycles. The van der Waals surface area contributed by atoms with Gasteiger partial charge in [0.25, 0.3) is 5.91 Å². The zero-order chi connectivity index (χ0) is 22.1. The molecule has 5 rings (SSSR count). The Morgan fingerprint density at radius 3 is 2.88 bits per heavy atom. The minimum Gasteiger partial charge on any atom is -0.342 e. The lowest BCUT2D eigenvalue weighted by atomic mass is 9.81. The lowest BCUT2D eigenvalue weighted by molar-refractivity contribution is -0.117. The van der Waals surface area contributed by atoms with Crippen LogP contribution in [-0.4, -0.2) is 30.9 Å². The van der Waals surface area contributed by atoms with Crippen molar-refractivity contribution in [3.8, 4) is 0 Å². The number of amides is 1. The fraction of sp³-hybridized carbons (Fsp3) is 0.500. The number of carbonyl (C=O) groups excluding carboxylic acids is 1. The van der Waals surface area contributed by atoms with E-state index in [1.54, 1.807) is 0 Å². The van der Waals surface area contributed by atoms with Gasteiger partial charge in [-0.25, -0.2) is 4.98 Å². The zero-order valence-electron chi connectivity index (χ0n) is 18.7. The topological polar surface area (TPSA) is 88.5 Å². The fourth-order valence-electron chi connectivity index (χ4n) is 4.47. The average molecular weight is 451 g/mol. The number of hydrogen-bond donors (Lipinski definition) is 2. The molecule has 0 bridgehead atoms. The third-order valence-corrected chi connectivity index (χ3v) is 7.82. The number of aromatic nitrogens is 5. The number of H-pyrrole nitrogens is 1. The maximum atomic E-state index is 13.4. The molecule has 2 aliphatic rings. The van der Waals surface area contributed by atoms with Crippen LogP contribution in [0.4, 0.5) is 0 Å². The van der Waals surface area contributed by atoms with Gasteiger partial charge in [-0.15, -0.1) is 11.3 Å². The highest BCUT2D eigenvalue weighted by molar-refractivity contribution is 7.13. The third kappa shape index (κ3) is 4.16. The maximum Gasteiger partial charge on any atom is 0.256 e. The number of hydrogen-bond acceptors (Lipinski definition) is 5. The van der Waals surface area contributed by atoms with Crippen molar-refractivity contribution in [3.05, 3.63) is 52.0 Å². The minimum atomic E-state index is -0.526. The van der Waals surface area contributed by atoms with Gasteiger partial charge in [-0.2, -0.15) is 10.2 Å². The summed E-state index contributed by atoms with van der Waals surface area (Å²) in [4.78, 5) is 20.2.